The Morgan fingerprint density at radius 2 is 2.08 bits per heavy atom. The minimum Gasteiger partial charge on any atom is -0.388 e. The first-order valence-corrected chi connectivity index (χ1v) is 8.80. The van der Waals surface area contributed by atoms with Gasteiger partial charge in [0.2, 0.25) is 11.8 Å². The molecule has 3 atom stereocenters. The molecule has 0 bridgehead atoms. The normalized spacial score (nSPS) is 23.3. The van der Waals surface area contributed by atoms with Gasteiger partial charge >= 0.3 is 0 Å². The zero-order valence-corrected chi connectivity index (χ0v) is 15.4. The minimum absolute atomic E-state index is 0.0216. The Morgan fingerprint density at radius 1 is 1.35 bits per heavy atom. The lowest BCUT2D eigenvalue weighted by atomic mass is 9.89. The molecule has 1 saturated carbocycles. The number of amides is 2. The summed E-state index contributed by atoms with van der Waals surface area (Å²) < 4.78 is 18.5. The first kappa shape index (κ1) is 20.3. The van der Waals surface area contributed by atoms with E-state index in [4.69, 9.17) is 4.74 Å². The van der Waals surface area contributed by atoms with Crippen LogP contribution in [0, 0.1) is 5.82 Å². The lowest BCUT2D eigenvalue weighted by Crippen LogP contribution is -2.60. The van der Waals surface area contributed by atoms with Gasteiger partial charge in [-0.15, -0.1) is 0 Å². The largest absolute Gasteiger partial charge is 0.388 e. The van der Waals surface area contributed by atoms with Crippen LogP contribution in [0.15, 0.2) is 24.3 Å². The summed E-state index contributed by atoms with van der Waals surface area (Å²) in [6.07, 6.45) is 1.13. The van der Waals surface area contributed by atoms with Gasteiger partial charge in [0.05, 0.1) is 18.6 Å². The van der Waals surface area contributed by atoms with Crippen molar-refractivity contribution in [2.24, 2.45) is 0 Å². The molecule has 3 N–H and O–H groups in total. The number of carbonyl (C=O) groups is 2. The van der Waals surface area contributed by atoms with Gasteiger partial charge in [0, 0.05) is 7.11 Å². The maximum atomic E-state index is 13.2. The number of aliphatic hydroxyl groups is 1. The molecule has 1 aromatic carbocycles. The Kier molecular flexibility index (Phi) is 6.72. The Bertz CT molecular complexity index is 650. The van der Waals surface area contributed by atoms with Crippen molar-refractivity contribution in [1.82, 2.24) is 10.6 Å². The summed E-state index contributed by atoms with van der Waals surface area (Å²) in [5, 5.41) is 15.8. The van der Waals surface area contributed by atoms with Crippen molar-refractivity contribution in [3.63, 3.8) is 0 Å². The first-order chi connectivity index (χ1) is 12.2. The molecule has 0 saturated heterocycles. The second-order valence-electron chi connectivity index (χ2n) is 7.26. The molecule has 0 aliphatic heterocycles. The Hall–Kier alpha value is -1.99. The summed E-state index contributed by atoms with van der Waals surface area (Å²) >= 11 is 0. The Balaban J connectivity index is 1.93. The van der Waals surface area contributed by atoms with Crippen molar-refractivity contribution in [3.05, 3.63) is 35.6 Å². The van der Waals surface area contributed by atoms with Crippen LogP contribution in [0.5, 0.6) is 0 Å². The van der Waals surface area contributed by atoms with E-state index >= 15 is 0 Å². The highest BCUT2D eigenvalue weighted by atomic mass is 19.1. The molecule has 6 nitrogen and oxygen atoms in total. The van der Waals surface area contributed by atoms with Gasteiger partial charge in [-0.05, 0) is 50.8 Å². The number of hydrogen-bond acceptors (Lipinski definition) is 4. The smallest absolute Gasteiger partial charge is 0.245 e. The molecule has 1 fully saturated rings. The number of rotatable bonds is 6. The molecule has 1 aliphatic rings. The van der Waals surface area contributed by atoms with E-state index in [0.29, 0.717) is 12.0 Å². The Morgan fingerprint density at radius 3 is 2.73 bits per heavy atom. The van der Waals surface area contributed by atoms with Crippen LogP contribution in [-0.2, 0) is 20.7 Å². The zero-order chi connectivity index (χ0) is 19.3. The van der Waals surface area contributed by atoms with Crippen LogP contribution in [0.4, 0.5) is 4.39 Å². The molecule has 7 heteroatoms. The highest BCUT2D eigenvalue weighted by molar-refractivity contribution is 5.91. The summed E-state index contributed by atoms with van der Waals surface area (Å²) in [7, 11) is 1.54. The quantitative estimate of drug-likeness (QED) is 0.708. The van der Waals surface area contributed by atoms with Crippen LogP contribution in [0.2, 0.25) is 0 Å². The third kappa shape index (κ3) is 5.25. The maximum absolute atomic E-state index is 13.2. The van der Waals surface area contributed by atoms with E-state index in [9.17, 15) is 19.1 Å². The average Bonchev–Trinajstić information content (AvgIpc) is 2.56. The van der Waals surface area contributed by atoms with Crippen molar-refractivity contribution in [2.75, 3.05) is 7.11 Å². The van der Waals surface area contributed by atoms with Gasteiger partial charge in [0.25, 0.3) is 0 Å². The van der Waals surface area contributed by atoms with E-state index < -0.39 is 23.5 Å². The van der Waals surface area contributed by atoms with Gasteiger partial charge in [0.15, 0.2) is 0 Å². The number of nitrogens with one attached hydrogen (secondary N) is 2. The molecule has 1 aromatic rings. The molecule has 0 radical (unpaired) electrons. The average molecular weight is 366 g/mol. The fourth-order valence-corrected chi connectivity index (χ4v) is 3.19. The standard InChI is InChI=1S/C19H27FN2O4/c1-19(2,22-16(23)11-12-6-4-7-13(20)10-12)18(25)21-14-8-5-9-15(26-3)17(14)24/h4,6-7,10,14-15,17,24H,5,8-9,11H2,1-3H3,(H,21,25)(H,22,23)/t14-,15-,17-/m1/s1. The van der Waals surface area contributed by atoms with E-state index in [1.165, 1.54) is 25.3 Å². The molecule has 1 aliphatic carbocycles. The molecule has 0 unspecified atom stereocenters. The van der Waals surface area contributed by atoms with Crippen molar-refractivity contribution in [2.45, 2.75) is 63.3 Å². The summed E-state index contributed by atoms with van der Waals surface area (Å²) in [6, 6.07) is 5.36. The van der Waals surface area contributed by atoms with Gasteiger partial charge in [-0.2, -0.15) is 0 Å². The summed E-state index contributed by atoms with van der Waals surface area (Å²) in [6.45, 7) is 3.18. The highest BCUT2D eigenvalue weighted by Crippen LogP contribution is 2.22. The third-order valence-corrected chi connectivity index (χ3v) is 4.69. The van der Waals surface area contributed by atoms with Gasteiger partial charge in [-0.3, -0.25) is 9.59 Å². The molecule has 26 heavy (non-hydrogen) atoms. The lowest BCUT2D eigenvalue weighted by Gasteiger charge is -2.36. The Labute approximate surface area is 153 Å². The van der Waals surface area contributed by atoms with Gasteiger partial charge in [-0.25, -0.2) is 4.39 Å². The first-order valence-electron chi connectivity index (χ1n) is 8.80. The van der Waals surface area contributed by atoms with Crippen LogP contribution in [0.3, 0.4) is 0 Å². The minimum atomic E-state index is -1.16. The van der Waals surface area contributed by atoms with Crippen molar-refractivity contribution in [3.8, 4) is 0 Å². The van der Waals surface area contributed by atoms with Gasteiger partial charge < -0.3 is 20.5 Å². The number of benzene rings is 1. The summed E-state index contributed by atoms with van der Waals surface area (Å²) in [4.78, 5) is 24.8. The second-order valence-corrected chi connectivity index (χ2v) is 7.26. The number of ether oxygens (including phenoxy) is 1. The third-order valence-electron chi connectivity index (χ3n) is 4.69. The SMILES string of the molecule is CO[C@@H]1CCC[C@@H](NC(=O)C(C)(C)NC(=O)Cc2cccc(F)c2)[C@H]1O. The highest BCUT2D eigenvalue weighted by Gasteiger charge is 2.37. The van der Waals surface area contributed by atoms with Crippen LogP contribution in [-0.4, -0.2) is 47.8 Å². The topological polar surface area (TPSA) is 87.7 Å². The van der Waals surface area contributed by atoms with Crippen LogP contribution in [0.25, 0.3) is 0 Å². The number of aliphatic hydroxyl groups excluding tert-OH is 1. The van der Waals surface area contributed by atoms with Crippen LogP contribution < -0.4 is 10.6 Å². The van der Waals surface area contributed by atoms with E-state index in [2.05, 4.69) is 10.6 Å². The van der Waals surface area contributed by atoms with Crippen molar-refractivity contribution < 1.29 is 23.8 Å². The molecule has 0 heterocycles. The van der Waals surface area contributed by atoms with Gasteiger partial charge in [0.1, 0.15) is 17.5 Å². The predicted molar refractivity (Wildman–Crippen MR) is 94.9 cm³/mol. The number of carbonyl (C=O) groups excluding carboxylic acids is 2. The van der Waals surface area contributed by atoms with Crippen molar-refractivity contribution >= 4 is 11.8 Å². The molecular weight excluding hydrogens is 339 g/mol. The molecule has 2 rings (SSSR count). The molecule has 2 amide bonds. The monoisotopic (exact) mass is 366 g/mol. The number of halogens is 1. The molecule has 0 aromatic heterocycles. The zero-order valence-electron chi connectivity index (χ0n) is 15.4. The van der Waals surface area contributed by atoms with E-state index in [1.54, 1.807) is 19.9 Å². The second kappa shape index (κ2) is 8.60. The fourth-order valence-electron chi connectivity index (χ4n) is 3.19. The fraction of sp³-hybridized carbons (Fsp3) is 0.579. The predicted octanol–water partition coefficient (Wildman–Crippen LogP) is 1.31. The van der Waals surface area contributed by atoms with Crippen molar-refractivity contribution in [1.29, 1.82) is 0 Å². The maximum Gasteiger partial charge on any atom is 0.245 e. The van der Waals surface area contributed by atoms with Crippen LogP contribution >= 0.6 is 0 Å². The summed E-state index contributed by atoms with van der Waals surface area (Å²) in [5.41, 5.74) is -0.631. The number of methoxy groups -OCH3 is 1. The van der Waals surface area contributed by atoms with E-state index in [1.807, 2.05) is 0 Å². The van der Waals surface area contributed by atoms with Crippen LogP contribution in [0.1, 0.15) is 38.7 Å². The van der Waals surface area contributed by atoms with E-state index in [0.717, 1.165) is 12.8 Å². The molecule has 144 valence electrons. The summed E-state index contributed by atoms with van der Waals surface area (Å²) in [5.74, 6) is -1.17. The molecular formula is C19H27FN2O4. The molecule has 0 spiro atoms. The lowest BCUT2D eigenvalue weighted by molar-refractivity contribution is -0.134. The van der Waals surface area contributed by atoms with Gasteiger partial charge in [-0.1, -0.05) is 12.1 Å². The number of hydrogen-bond donors (Lipinski definition) is 3. The van der Waals surface area contributed by atoms with E-state index in [-0.39, 0.29) is 24.3 Å².